The van der Waals surface area contributed by atoms with Gasteiger partial charge in [-0.2, -0.15) is 0 Å². The van der Waals surface area contributed by atoms with Gasteiger partial charge in [-0.25, -0.2) is 4.79 Å². The quantitative estimate of drug-likeness (QED) is 0.0792. The molecule has 228 valence electrons. The molecule has 3 rings (SSSR count). The summed E-state index contributed by atoms with van der Waals surface area (Å²) in [5, 5.41) is 33.5. The van der Waals surface area contributed by atoms with Gasteiger partial charge in [-0.15, -0.1) is 0 Å². The monoisotopic (exact) mass is 582 g/mol. The molecule has 1 fully saturated rings. The highest BCUT2D eigenvalue weighted by Gasteiger charge is 2.53. The molecule has 3 atom stereocenters. The predicted molar refractivity (Wildman–Crippen MR) is 158 cm³/mol. The number of nitrogens with one attached hydrogen (secondary N) is 1. The number of allylic oxidation sites excluding steroid dienone is 7. The van der Waals surface area contributed by atoms with Crippen molar-refractivity contribution in [3.05, 3.63) is 82.9 Å². The molecular formula is C32H42N2O8. The molecule has 4 N–H and O–H groups in total. The van der Waals surface area contributed by atoms with E-state index in [-0.39, 0.29) is 23.1 Å². The van der Waals surface area contributed by atoms with E-state index in [2.05, 4.69) is 24.1 Å². The molecule has 0 spiro atoms. The molecule has 1 saturated heterocycles. The van der Waals surface area contributed by atoms with Gasteiger partial charge in [0.25, 0.3) is 0 Å². The van der Waals surface area contributed by atoms with Gasteiger partial charge in [0.2, 0.25) is 5.78 Å². The second-order valence-corrected chi connectivity index (χ2v) is 10.7. The zero-order valence-electron chi connectivity index (χ0n) is 24.5. The molecule has 1 aliphatic carbocycles. The summed E-state index contributed by atoms with van der Waals surface area (Å²) in [4.78, 5) is 41.3. The number of nitrogens with zero attached hydrogens (tertiary/aromatic N) is 1. The van der Waals surface area contributed by atoms with Gasteiger partial charge in [-0.3, -0.25) is 14.5 Å². The van der Waals surface area contributed by atoms with E-state index in [0.29, 0.717) is 31.2 Å². The van der Waals surface area contributed by atoms with Crippen molar-refractivity contribution in [1.29, 1.82) is 0 Å². The first-order valence-electron chi connectivity index (χ1n) is 14.3. The molecular weight excluding hydrogens is 540 g/mol. The first-order chi connectivity index (χ1) is 20.1. The average Bonchev–Trinajstić information content (AvgIpc) is 3.24. The van der Waals surface area contributed by atoms with Crippen LogP contribution in [-0.4, -0.2) is 95.5 Å². The standard InChI is InChI=1S/C32H42N2O8/c1-4-22(2)9-7-5-6-8-10-24(36)19-28(38)29-27-18-23(17-25(37)21-35)26(30(39)32(27,3)42-31(29)40)20-33-11-12-34-13-15-41-16-14-34/h5-10,18-20,22,25,33,35,37-38H,4,11-17,21H2,1-3H3/b6-5+,9-7+,10-8+,26-20-,28-19-/t22?,25?,32-/m1/s1. The first kappa shape index (κ1) is 32.9. The van der Waals surface area contributed by atoms with Crippen LogP contribution in [0.5, 0.6) is 0 Å². The number of ether oxygens (including phenoxy) is 2. The van der Waals surface area contributed by atoms with Crippen LogP contribution >= 0.6 is 0 Å². The summed E-state index contributed by atoms with van der Waals surface area (Å²) < 4.78 is 10.8. The van der Waals surface area contributed by atoms with Crippen molar-refractivity contribution in [2.24, 2.45) is 5.92 Å². The molecule has 0 radical (unpaired) electrons. The lowest BCUT2D eigenvalue weighted by Gasteiger charge is -2.31. The topological polar surface area (TPSA) is 146 Å². The molecule has 0 aromatic rings. The van der Waals surface area contributed by atoms with Crippen molar-refractivity contribution >= 4 is 17.5 Å². The van der Waals surface area contributed by atoms with Gasteiger partial charge in [0.05, 0.1) is 25.9 Å². The molecule has 2 heterocycles. The van der Waals surface area contributed by atoms with E-state index in [1.165, 1.54) is 31.4 Å². The number of carbonyl (C=O) groups is 3. The SMILES string of the molecule is CCC(C)/C=C/C=C/C=C/C(=O)/C=C(\O)C1=C2C=C(CC(O)CO)/C(=C/NCCN3CCOCC3)C(=O)[C@]2(C)OC1=O. The Morgan fingerprint density at radius 1 is 1.19 bits per heavy atom. The third-order valence-corrected chi connectivity index (χ3v) is 7.43. The van der Waals surface area contributed by atoms with Crippen LogP contribution in [0.1, 0.15) is 33.6 Å². The normalized spacial score (nSPS) is 24.5. The lowest BCUT2D eigenvalue weighted by molar-refractivity contribution is -0.152. The fourth-order valence-electron chi connectivity index (χ4n) is 4.71. The number of rotatable bonds is 14. The Labute approximate surface area is 247 Å². The minimum Gasteiger partial charge on any atom is -0.507 e. The fraction of sp³-hybridized carbons (Fsp3) is 0.469. The number of fused-ring (bicyclic) bond motifs is 1. The van der Waals surface area contributed by atoms with Gasteiger partial charge >= 0.3 is 5.97 Å². The fourth-order valence-corrected chi connectivity index (χ4v) is 4.71. The van der Waals surface area contributed by atoms with E-state index in [1.807, 2.05) is 12.2 Å². The Morgan fingerprint density at radius 2 is 1.90 bits per heavy atom. The summed E-state index contributed by atoms with van der Waals surface area (Å²) in [5.41, 5.74) is -1.39. The largest absolute Gasteiger partial charge is 0.507 e. The minimum atomic E-state index is -1.73. The van der Waals surface area contributed by atoms with Crippen LogP contribution in [0.3, 0.4) is 0 Å². The summed E-state index contributed by atoms with van der Waals surface area (Å²) in [7, 11) is 0. The van der Waals surface area contributed by atoms with Crippen molar-refractivity contribution in [1.82, 2.24) is 10.2 Å². The second kappa shape index (κ2) is 15.6. The van der Waals surface area contributed by atoms with Crippen LogP contribution in [0.2, 0.25) is 0 Å². The highest BCUT2D eigenvalue weighted by Crippen LogP contribution is 2.44. The third-order valence-electron chi connectivity index (χ3n) is 7.43. The number of ketones is 2. The molecule has 42 heavy (non-hydrogen) atoms. The van der Waals surface area contributed by atoms with Gasteiger partial charge < -0.3 is 30.1 Å². The average molecular weight is 583 g/mol. The zero-order chi connectivity index (χ0) is 30.7. The molecule has 2 aliphatic heterocycles. The Kier molecular flexibility index (Phi) is 12.2. The molecule has 0 bridgehead atoms. The van der Waals surface area contributed by atoms with Crippen molar-refractivity contribution < 1.29 is 39.2 Å². The molecule has 10 heteroatoms. The van der Waals surface area contributed by atoms with Crippen LogP contribution in [0.25, 0.3) is 0 Å². The van der Waals surface area contributed by atoms with E-state index in [4.69, 9.17) is 9.47 Å². The number of hydrogen-bond acceptors (Lipinski definition) is 10. The second-order valence-electron chi connectivity index (χ2n) is 10.7. The van der Waals surface area contributed by atoms with Crippen LogP contribution in [0.4, 0.5) is 0 Å². The minimum absolute atomic E-state index is 0.0791. The summed E-state index contributed by atoms with van der Waals surface area (Å²) in [6, 6.07) is 0. The maximum absolute atomic E-state index is 13.7. The lowest BCUT2D eigenvalue weighted by atomic mass is 9.76. The number of hydrogen-bond donors (Lipinski definition) is 4. The molecule has 0 aromatic heterocycles. The third kappa shape index (κ3) is 8.48. The molecule has 0 saturated carbocycles. The highest BCUT2D eigenvalue weighted by molar-refractivity contribution is 6.15. The summed E-state index contributed by atoms with van der Waals surface area (Å²) in [5.74, 6) is -2.23. The highest BCUT2D eigenvalue weighted by atomic mass is 16.6. The molecule has 0 amide bonds. The van der Waals surface area contributed by atoms with Crippen LogP contribution in [0, 0.1) is 5.92 Å². The van der Waals surface area contributed by atoms with Crippen molar-refractivity contribution in [3.63, 3.8) is 0 Å². The van der Waals surface area contributed by atoms with Crippen molar-refractivity contribution in [2.45, 2.75) is 45.3 Å². The van der Waals surface area contributed by atoms with E-state index in [9.17, 15) is 29.7 Å². The molecule has 10 nitrogen and oxygen atoms in total. The lowest BCUT2D eigenvalue weighted by Crippen LogP contribution is -2.43. The molecule has 0 aromatic carbocycles. The Balaban J connectivity index is 1.85. The van der Waals surface area contributed by atoms with E-state index < -0.39 is 41.6 Å². The van der Waals surface area contributed by atoms with Gasteiger partial charge in [0.1, 0.15) is 11.3 Å². The van der Waals surface area contributed by atoms with Crippen LogP contribution in [0.15, 0.2) is 82.9 Å². The van der Waals surface area contributed by atoms with Crippen LogP contribution in [-0.2, 0) is 23.9 Å². The number of Topliss-reactive ketones (excluding diaryl/α,β-unsaturated/α-hetero) is 1. The predicted octanol–water partition coefficient (Wildman–Crippen LogP) is 2.38. The van der Waals surface area contributed by atoms with E-state index in [1.54, 1.807) is 12.2 Å². The molecule has 3 aliphatic rings. The van der Waals surface area contributed by atoms with Crippen molar-refractivity contribution in [2.75, 3.05) is 46.0 Å². The van der Waals surface area contributed by atoms with Crippen molar-refractivity contribution in [3.8, 4) is 0 Å². The smallest absolute Gasteiger partial charge is 0.343 e. The first-order valence-corrected chi connectivity index (χ1v) is 14.3. The number of esters is 1. The summed E-state index contributed by atoms with van der Waals surface area (Å²) >= 11 is 0. The molecule has 2 unspecified atom stereocenters. The Morgan fingerprint density at radius 3 is 2.60 bits per heavy atom. The maximum Gasteiger partial charge on any atom is 0.343 e. The summed E-state index contributed by atoms with van der Waals surface area (Å²) in [6.45, 7) is 9.33. The van der Waals surface area contributed by atoms with E-state index in [0.717, 1.165) is 32.1 Å². The van der Waals surface area contributed by atoms with Gasteiger partial charge in [-0.1, -0.05) is 50.6 Å². The summed E-state index contributed by atoms with van der Waals surface area (Å²) in [6.07, 6.45) is 13.9. The Bertz CT molecular complexity index is 1230. The van der Waals surface area contributed by atoms with Gasteiger partial charge in [0.15, 0.2) is 11.4 Å². The van der Waals surface area contributed by atoms with Crippen LogP contribution < -0.4 is 5.32 Å². The Hall–Kier alpha value is -3.57. The van der Waals surface area contributed by atoms with Gasteiger partial charge in [0, 0.05) is 56.0 Å². The number of carbonyl (C=O) groups excluding carboxylic acids is 3. The zero-order valence-corrected chi connectivity index (χ0v) is 24.5. The number of aliphatic hydroxyl groups is 3. The van der Waals surface area contributed by atoms with Gasteiger partial charge in [-0.05, 0) is 30.6 Å². The number of aliphatic hydroxyl groups excluding tert-OH is 3. The number of morpholine rings is 1. The maximum atomic E-state index is 13.7. The van der Waals surface area contributed by atoms with E-state index >= 15 is 0 Å².